The zero-order valence-corrected chi connectivity index (χ0v) is 11.0. The summed E-state index contributed by atoms with van der Waals surface area (Å²) in [6.07, 6.45) is 1.67. The van der Waals surface area contributed by atoms with E-state index < -0.39 is 0 Å². The minimum Gasteiger partial charge on any atom is -0.396 e. The fraction of sp³-hybridized carbons (Fsp3) is 0. The molecule has 3 aromatic rings. The van der Waals surface area contributed by atoms with Crippen molar-refractivity contribution in [2.45, 2.75) is 0 Å². The smallest absolute Gasteiger partial charge is 0.123 e. The minimum atomic E-state index is -0.305. The summed E-state index contributed by atoms with van der Waals surface area (Å²) in [4.78, 5) is 0. The predicted molar refractivity (Wildman–Crippen MR) is 78.1 cm³/mol. The maximum absolute atomic E-state index is 13.0. The maximum atomic E-state index is 13.0. The van der Waals surface area contributed by atoms with E-state index in [1.54, 1.807) is 41.2 Å². The van der Waals surface area contributed by atoms with Crippen LogP contribution < -0.4 is 5.73 Å². The Morgan fingerprint density at radius 2 is 1.90 bits per heavy atom. The van der Waals surface area contributed by atoms with E-state index in [0.29, 0.717) is 22.6 Å². The highest BCUT2D eigenvalue weighted by molar-refractivity contribution is 5.73. The fourth-order valence-electron chi connectivity index (χ4n) is 2.07. The van der Waals surface area contributed by atoms with Crippen LogP contribution in [0.3, 0.4) is 0 Å². The van der Waals surface area contributed by atoms with Gasteiger partial charge in [-0.2, -0.15) is 10.4 Å². The lowest BCUT2D eigenvalue weighted by Crippen LogP contribution is -1.94. The van der Waals surface area contributed by atoms with Crippen molar-refractivity contribution in [2.75, 3.05) is 5.73 Å². The van der Waals surface area contributed by atoms with Crippen LogP contribution in [-0.4, -0.2) is 9.78 Å². The molecule has 3 rings (SSSR count). The van der Waals surface area contributed by atoms with Crippen LogP contribution in [0.15, 0.2) is 54.7 Å². The van der Waals surface area contributed by atoms with Crippen LogP contribution in [0.5, 0.6) is 0 Å². The third kappa shape index (κ3) is 2.47. The first kappa shape index (κ1) is 12.9. The van der Waals surface area contributed by atoms with Crippen molar-refractivity contribution in [3.05, 3.63) is 66.1 Å². The zero-order valence-electron chi connectivity index (χ0n) is 11.0. The third-order valence-electron chi connectivity index (χ3n) is 3.10. The van der Waals surface area contributed by atoms with Gasteiger partial charge < -0.3 is 5.73 Å². The molecule has 4 nitrogen and oxygen atoms in total. The summed E-state index contributed by atoms with van der Waals surface area (Å²) in [5.41, 5.74) is 9.11. The van der Waals surface area contributed by atoms with Gasteiger partial charge in [0, 0.05) is 5.56 Å². The highest BCUT2D eigenvalue weighted by atomic mass is 19.1. The highest BCUT2D eigenvalue weighted by Gasteiger charge is 2.10. The summed E-state index contributed by atoms with van der Waals surface area (Å²) in [5, 5.41) is 13.4. The van der Waals surface area contributed by atoms with Gasteiger partial charge in [-0.3, -0.25) is 0 Å². The molecule has 2 aromatic carbocycles. The number of nitrogens with zero attached hydrogens (tertiary/aromatic N) is 3. The summed E-state index contributed by atoms with van der Waals surface area (Å²) in [7, 11) is 0. The zero-order chi connectivity index (χ0) is 14.8. The molecule has 0 bridgehead atoms. The van der Waals surface area contributed by atoms with E-state index in [2.05, 4.69) is 11.2 Å². The quantitative estimate of drug-likeness (QED) is 0.783. The minimum absolute atomic E-state index is 0.305. The number of aromatic nitrogens is 2. The number of rotatable bonds is 2. The summed E-state index contributed by atoms with van der Waals surface area (Å²) >= 11 is 0. The van der Waals surface area contributed by atoms with Crippen LogP contribution in [0, 0.1) is 17.1 Å². The Morgan fingerprint density at radius 3 is 2.62 bits per heavy atom. The van der Waals surface area contributed by atoms with Gasteiger partial charge in [0.2, 0.25) is 0 Å². The fourth-order valence-corrected chi connectivity index (χ4v) is 2.07. The van der Waals surface area contributed by atoms with Crippen molar-refractivity contribution >= 4 is 5.69 Å². The molecule has 0 saturated carbocycles. The maximum Gasteiger partial charge on any atom is 0.123 e. The van der Waals surface area contributed by atoms with Crippen molar-refractivity contribution < 1.29 is 4.39 Å². The second-order valence-corrected chi connectivity index (χ2v) is 4.55. The molecule has 0 aliphatic rings. The molecule has 0 saturated heterocycles. The number of halogens is 1. The molecule has 0 atom stereocenters. The van der Waals surface area contributed by atoms with Crippen LogP contribution in [0.1, 0.15) is 5.56 Å². The van der Waals surface area contributed by atoms with E-state index in [0.717, 1.165) is 5.56 Å². The molecule has 0 amide bonds. The molecule has 21 heavy (non-hydrogen) atoms. The number of hydrogen-bond acceptors (Lipinski definition) is 3. The number of hydrogen-bond donors (Lipinski definition) is 1. The second kappa shape index (κ2) is 5.10. The summed E-state index contributed by atoms with van der Waals surface area (Å²) in [5.74, 6) is -0.305. The summed E-state index contributed by atoms with van der Waals surface area (Å²) in [6.45, 7) is 0. The van der Waals surface area contributed by atoms with Crippen LogP contribution >= 0.6 is 0 Å². The SMILES string of the molecule is N#Cc1cccc(-c2nn(-c3ccc(F)cc3)cc2N)c1. The molecular formula is C16H11FN4. The molecule has 5 heteroatoms. The van der Waals surface area contributed by atoms with Gasteiger partial charge in [0.25, 0.3) is 0 Å². The lowest BCUT2D eigenvalue weighted by molar-refractivity contribution is 0.627. The lowest BCUT2D eigenvalue weighted by Gasteiger charge is -2.01. The molecule has 0 spiro atoms. The molecule has 1 heterocycles. The van der Waals surface area contributed by atoms with E-state index in [1.165, 1.54) is 12.1 Å². The van der Waals surface area contributed by atoms with Crippen LogP contribution in [-0.2, 0) is 0 Å². The van der Waals surface area contributed by atoms with Gasteiger partial charge in [-0.25, -0.2) is 9.07 Å². The molecule has 102 valence electrons. The highest BCUT2D eigenvalue weighted by Crippen LogP contribution is 2.26. The van der Waals surface area contributed by atoms with Gasteiger partial charge in [0.15, 0.2) is 0 Å². The predicted octanol–water partition coefficient (Wildman–Crippen LogP) is 3.13. The van der Waals surface area contributed by atoms with E-state index in [-0.39, 0.29) is 5.82 Å². The molecule has 0 aliphatic carbocycles. The third-order valence-corrected chi connectivity index (χ3v) is 3.10. The van der Waals surface area contributed by atoms with E-state index >= 15 is 0 Å². The molecule has 2 N–H and O–H groups in total. The van der Waals surface area contributed by atoms with Crippen molar-refractivity contribution in [2.24, 2.45) is 0 Å². The first-order valence-corrected chi connectivity index (χ1v) is 6.29. The number of anilines is 1. The van der Waals surface area contributed by atoms with Gasteiger partial charge in [-0.05, 0) is 36.4 Å². The average Bonchev–Trinajstić information content (AvgIpc) is 2.90. The average molecular weight is 278 g/mol. The Labute approximate surface area is 120 Å². The first-order valence-electron chi connectivity index (χ1n) is 6.29. The van der Waals surface area contributed by atoms with Crippen LogP contribution in [0.4, 0.5) is 10.1 Å². The standard InChI is InChI=1S/C16H11FN4/c17-13-4-6-14(7-5-13)21-10-15(19)16(20-21)12-3-1-2-11(8-12)9-18/h1-8,10H,19H2. The number of nitrogen functional groups attached to an aromatic ring is 1. The Kier molecular flexibility index (Phi) is 3.13. The number of nitriles is 1. The van der Waals surface area contributed by atoms with E-state index in [4.69, 9.17) is 11.0 Å². The summed E-state index contributed by atoms with van der Waals surface area (Å²) < 4.78 is 14.5. The molecule has 0 fully saturated rings. The van der Waals surface area contributed by atoms with Crippen molar-refractivity contribution in [3.8, 4) is 23.0 Å². The molecular weight excluding hydrogens is 267 g/mol. The Balaban J connectivity index is 2.05. The first-order chi connectivity index (χ1) is 10.2. The van der Waals surface area contributed by atoms with Crippen LogP contribution in [0.2, 0.25) is 0 Å². The van der Waals surface area contributed by atoms with E-state index in [1.807, 2.05) is 6.07 Å². The largest absolute Gasteiger partial charge is 0.396 e. The van der Waals surface area contributed by atoms with Gasteiger partial charge in [0.05, 0.1) is 29.2 Å². The Morgan fingerprint density at radius 1 is 1.14 bits per heavy atom. The molecule has 0 unspecified atom stereocenters. The Bertz CT molecular complexity index is 828. The van der Waals surface area contributed by atoms with Gasteiger partial charge in [-0.1, -0.05) is 12.1 Å². The lowest BCUT2D eigenvalue weighted by atomic mass is 10.1. The van der Waals surface area contributed by atoms with Crippen molar-refractivity contribution in [3.63, 3.8) is 0 Å². The van der Waals surface area contributed by atoms with Crippen molar-refractivity contribution in [1.29, 1.82) is 5.26 Å². The van der Waals surface area contributed by atoms with Crippen molar-refractivity contribution in [1.82, 2.24) is 9.78 Å². The molecule has 0 aliphatic heterocycles. The summed E-state index contributed by atoms with van der Waals surface area (Å²) in [6, 6.07) is 15.1. The van der Waals surface area contributed by atoms with Gasteiger partial charge in [-0.15, -0.1) is 0 Å². The van der Waals surface area contributed by atoms with Gasteiger partial charge >= 0.3 is 0 Å². The van der Waals surface area contributed by atoms with E-state index in [9.17, 15) is 4.39 Å². The second-order valence-electron chi connectivity index (χ2n) is 4.55. The Hall–Kier alpha value is -3.13. The van der Waals surface area contributed by atoms with Crippen LogP contribution in [0.25, 0.3) is 16.9 Å². The molecule has 0 radical (unpaired) electrons. The molecule has 1 aromatic heterocycles. The topological polar surface area (TPSA) is 67.6 Å². The monoisotopic (exact) mass is 278 g/mol. The van der Waals surface area contributed by atoms with Gasteiger partial charge in [0.1, 0.15) is 11.5 Å². The number of benzene rings is 2. The normalized spacial score (nSPS) is 10.3. The number of nitrogens with two attached hydrogens (primary N) is 1.